The van der Waals surface area contributed by atoms with Crippen LogP contribution >= 0.6 is 11.8 Å². The number of benzene rings is 1. The lowest BCUT2D eigenvalue weighted by Crippen LogP contribution is -2.23. The van der Waals surface area contributed by atoms with Gasteiger partial charge in [0.1, 0.15) is 5.82 Å². The van der Waals surface area contributed by atoms with Gasteiger partial charge in [-0.25, -0.2) is 0 Å². The second kappa shape index (κ2) is 7.20. The van der Waals surface area contributed by atoms with E-state index in [9.17, 15) is 4.79 Å². The smallest absolute Gasteiger partial charge is 0.237 e. The van der Waals surface area contributed by atoms with Crippen molar-refractivity contribution in [2.24, 2.45) is 0 Å². The number of aryl methyl sites for hydroxylation is 3. The van der Waals surface area contributed by atoms with E-state index in [0.29, 0.717) is 0 Å². The first-order valence-corrected chi connectivity index (χ1v) is 10.1. The van der Waals surface area contributed by atoms with E-state index in [1.165, 1.54) is 42.2 Å². The van der Waals surface area contributed by atoms with Gasteiger partial charge in [0, 0.05) is 18.7 Å². The van der Waals surface area contributed by atoms with Crippen molar-refractivity contribution in [3.63, 3.8) is 0 Å². The summed E-state index contributed by atoms with van der Waals surface area (Å²) < 4.78 is 2.19. The Morgan fingerprint density at radius 2 is 2.00 bits per heavy atom. The highest BCUT2D eigenvalue weighted by molar-refractivity contribution is 8.00. The molecule has 2 aliphatic rings. The number of hydrogen-bond acceptors (Lipinski definition) is 4. The molecule has 0 saturated heterocycles. The van der Waals surface area contributed by atoms with E-state index in [1.54, 1.807) is 0 Å². The minimum atomic E-state index is -0.204. The predicted octanol–water partition coefficient (Wildman–Crippen LogP) is 3.61. The van der Waals surface area contributed by atoms with Crippen LogP contribution in [0.2, 0.25) is 0 Å². The van der Waals surface area contributed by atoms with Crippen LogP contribution in [0.3, 0.4) is 0 Å². The number of anilines is 1. The third-order valence-corrected chi connectivity index (χ3v) is 6.17. The molecule has 1 unspecified atom stereocenters. The Labute approximate surface area is 152 Å². The molecule has 25 heavy (non-hydrogen) atoms. The molecule has 1 aliphatic carbocycles. The van der Waals surface area contributed by atoms with Crippen molar-refractivity contribution >= 4 is 23.4 Å². The zero-order chi connectivity index (χ0) is 17.2. The maximum Gasteiger partial charge on any atom is 0.237 e. The third-order valence-electron chi connectivity index (χ3n) is 5.09. The number of aromatic nitrogens is 3. The van der Waals surface area contributed by atoms with Crippen LogP contribution in [-0.2, 0) is 30.6 Å². The van der Waals surface area contributed by atoms with Crippen molar-refractivity contribution in [2.75, 3.05) is 5.32 Å². The summed E-state index contributed by atoms with van der Waals surface area (Å²) in [7, 11) is 0. The van der Waals surface area contributed by atoms with Gasteiger partial charge in [-0.05, 0) is 62.3 Å². The fourth-order valence-corrected chi connectivity index (χ4v) is 4.54. The van der Waals surface area contributed by atoms with Crippen molar-refractivity contribution in [1.29, 1.82) is 0 Å². The second-order valence-electron chi connectivity index (χ2n) is 6.95. The highest BCUT2D eigenvalue weighted by Crippen LogP contribution is 2.28. The van der Waals surface area contributed by atoms with E-state index in [0.717, 1.165) is 48.9 Å². The fraction of sp³-hybridized carbons (Fsp3) is 0.526. The number of carbonyl (C=O) groups excluding carboxylic acids is 1. The van der Waals surface area contributed by atoms with Crippen LogP contribution < -0.4 is 5.32 Å². The van der Waals surface area contributed by atoms with Gasteiger partial charge in [0.05, 0.1) is 5.25 Å². The number of fused-ring (bicyclic) bond motifs is 2. The average molecular weight is 356 g/mol. The van der Waals surface area contributed by atoms with Gasteiger partial charge in [-0.3, -0.25) is 4.79 Å². The van der Waals surface area contributed by atoms with E-state index < -0.39 is 0 Å². The molecule has 1 aliphatic heterocycles. The lowest BCUT2D eigenvalue weighted by Gasteiger charge is -2.13. The molecule has 1 aromatic carbocycles. The zero-order valence-electron chi connectivity index (χ0n) is 14.6. The molecular weight excluding hydrogens is 332 g/mol. The van der Waals surface area contributed by atoms with Crippen molar-refractivity contribution in [2.45, 2.75) is 68.8 Å². The summed E-state index contributed by atoms with van der Waals surface area (Å²) in [5.41, 5.74) is 3.70. The number of hydrogen-bond donors (Lipinski definition) is 1. The first-order chi connectivity index (χ1) is 12.2. The summed E-state index contributed by atoms with van der Waals surface area (Å²) in [6.07, 6.45) is 8.07. The standard InChI is InChI=1S/C19H24N4OS/c1-13(25-19-22-21-17-8-3-2-4-11-23(17)19)18(24)20-16-10-9-14-6-5-7-15(14)12-16/h9-10,12-13H,2-8,11H2,1H3,(H,20,24). The van der Waals surface area contributed by atoms with Crippen LogP contribution in [-0.4, -0.2) is 25.9 Å². The van der Waals surface area contributed by atoms with E-state index in [4.69, 9.17) is 0 Å². The minimum Gasteiger partial charge on any atom is -0.325 e. The Balaban J connectivity index is 1.42. The Morgan fingerprint density at radius 1 is 1.12 bits per heavy atom. The number of amides is 1. The summed E-state index contributed by atoms with van der Waals surface area (Å²) in [5, 5.41) is 12.3. The molecule has 6 heteroatoms. The largest absolute Gasteiger partial charge is 0.325 e. The molecule has 1 atom stereocenters. The van der Waals surface area contributed by atoms with Gasteiger partial charge in [-0.1, -0.05) is 24.2 Å². The zero-order valence-corrected chi connectivity index (χ0v) is 15.4. The van der Waals surface area contributed by atoms with Gasteiger partial charge >= 0.3 is 0 Å². The Bertz CT molecular complexity index is 786. The first-order valence-electron chi connectivity index (χ1n) is 9.22. The van der Waals surface area contributed by atoms with Crippen LogP contribution in [0, 0.1) is 0 Å². The van der Waals surface area contributed by atoms with Crippen LogP contribution in [0.15, 0.2) is 23.4 Å². The SMILES string of the molecule is CC(Sc1nnc2n1CCCCC2)C(=O)Nc1ccc2c(c1)CCC2. The molecule has 5 nitrogen and oxygen atoms in total. The van der Waals surface area contributed by atoms with Crippen molar-refractivity contribution in [3.05, 3.63) is 35.2 Å². The molecule has 1 N–H and O–H groups in total. The van der Waals surface area contributed by atoms with Gasteiger partial charge in [-0.15, -0.1) is 10.2 Å². The summed E-state index contributed by atoms with van der Waals surface area (Å²) in [5.74, 6) is 1.08. The maximum atomic E-state index is 12.6. The molecule has 0 spiro atoms. The maximum absolute atomic E-state index is 12.6. The van der Waals surface area contributed by atoms with E-state index in [1.807, 2.05) is 13.0 Å². The van der Waals surface area contributed by atoms with Gasteiger partial charge < -0.3 is 9.88 Å². The molecule has 4 rings (SSSR count). The molecule has 2 aromatic rings. The monoisotopic (exact) mass is 356 g/mol. The summed E-state index contributed by atoms with van der Waals surface area (Å²) in [6, 6.07) is 6.29. The predicted molar refractivity (Wildman–Crippen MR) is 100.0 cm³/mol. The van der Waals surface area contributed by atoms with Gasteiger partial charge in [0.2, 0.25) is 5.91 Å². The van der Waals surface area contributed by atoms with Crippen LogP contribution in [0.25, 0.3) is 0 Å². The van der Waals surface area contributed by atoms with E-state index in [-0.39, 0.29) is 11.2 Å². The number of nitrogens with zero attached hydrogens (tertiary/aromatic N) is 3. The van der Waals surface area contributed by atoms with Crippen LogP contribution in [0.4, 0.5) is 5.69 Å². The number of thioether (sulfide) groups is 1. The quantitative estimate of drug-likeness (QED) is 0.850. The Kier molecular flexibility index (Phi) is 4.79. The first kappa shape index (κ1) is 16.6. The molecule has 0 fully saturated rings. The lowest BCUT2D eigenvalue weighted by atomic mass is 10.1. The van der Waals surface area contributed by atoms with Gasteiger partial charge in [-0.2, -0.15) is 0 Å². The van der Waals surface area contributed by atoms with Crippen molar-refractivity contribution < 1.29 is 4.79 Å². The fourth-order valence-electron chi connectivity index (χ4n) is 3.65. The molecular formula is C19H24N4OS. The summed E-state index contributed by atoms with van der Waals surface area (Å²) in [4.78, 5) is 12.6. The summed E-state index contributed by atoms with van der Waals surface area (Å²) >= 11 is 1.50. The molecule has 1 aromatic heterocycles. The Morgan fingerprint density at radius 3 is 2.92 bits per heavy atom. The minimum absolute atomic E-state index is 0.0221. The van der Waals surface area contributed by atoms with Gasteiger partial charge in [0.15, 0.2) is 5.16 Å². The van der Waals surface area contributed by atoms with Crippen molar-refractivity contribution in [1.82, 2.24) is 14.8 Å². The molecule has 0 bridgehead atoms. The number of nitrogens with one attached hydrogen (secondary N) is 1. The molecule has 1 amide bonds. The molecule has 2 heterocycles. The number of rotatable bonds is 4. The normalized spacial score (nSPS) is 17.5. The van der Waals surface area contributed by atoms with E-state index >= 15 is 0 Å². The summed E-state index contributed by atoms with van der Waals surface area (Å²) in [6.45, 7) is 2.90. The average Bonchev–Trinajstić information content (AvgIpc) is 3.15. The highest BCUT2D eigenvalue weighted by Gasteiger charge is 2.21. The topological polar surface area (TPSA) is 59.8 Å². The third kappa shape index (κ3) is 3.59. The molecule has 132 valence electrons. The second-order valence-corrected chi connectivity index (χ2v) is 8.26. The van der Waals surface area contributed by atoms with Crippen molar-refractivity contribution in [3.8, 4) is 0 Å². The van der Waals surface area contributed by atoms with Gasteiger partial charge in [0.25, 0.3) is 0 Å². The van der Waals surface area contributed by atoms with E-state index in [2.05, 4.69) is 32.2 Å². The number of carbonyl (C=O) groups is 1. The van der Waals surface area contributed by atoms with Crippen LogP contribution in [0.5, 0.6) is 0 Å². The molecule has 0 radical (unpaired) electrons. The lowest BCUT2D eigenvalue weighted by molar-refractivity contribution is -0.115. The highest BCUT2D eigenvalue weighted by atomic mass is 32.2. The Hall–Kier alpha value is -1.82. The van der Waals surface area contributed by atoms with Crippen LogP contribution in [0.1, 0.15) is 49.6 Å². The molecule has 0 saturated carbocycles.